The number of aryl methyl sites for hydroxylation is 1. The second kappa shape index (κ2) is 7.76. The topological polar surface area (TPSA) is 46.3 Å². The summed E-state index contributed by atoms with van der Waals surface area (Å²) in [7, 11) is 0. The van der Waals surface area contributed by atoms with E-state index in [0.29, 0.717) is 18.1 Å². The quantitative estimate of drug-likeness (QED) is 0.349. The second-order valence-corrected chi connectivity index (χ2v) is 8.35. The van der Waals surface area contributed by atoms with Gasteiger partial charge in [-0.05, 0) is 53.1 Å². The molecule has 0 aliphatic carbocycles. The zero-order valence-corrected chi connectivity index (χ0v) is 17.4. The van der Waals surface area contributed by atoms with Crippen molar-refractivity contribution in [3.8, 4) is 0 Å². The molecule has 2 aromatic heterocycles. The Balaban J connectivity index is 1.52. The van der Waals surface area contributed by atoms with Gasteiger partial charge in [-0.15, -0.1) is 0 Å². The predicted molar refractivity (Wildman–Crippen MR) is 122 cm³/mol. The number of carbonyl (C=O) groups is 1. The van der Waals surface area contributed by atoms with Gasteiger partial charge in [0.25, 0.3) is 0 Å². The van der Waals surface area contributed by atoms with Gasteiger partial charge in [0.2, 0.25) is 5.91 Å². The summed E-state index contributed by atoms with van der Waals surface area (Å²) in [6.45, 7) is 2.42. The largest absolute Gasteiger partial charge is 0.467 e. The average molecular weight is 413 g/mol. The number of furan rings is 1. The minimum Gasteiger partial charge on any atom is -0.467 e. The van der Waals surface area contributed by atoms with E-state index in [-0.39, 0.29) is 5.91 Å². The zero-order valence-electron chi connectivity index (χ0n) is 16.5. The first-order valence-electron chi connectivity index (χ1n) is 9.84. The van der Waals surface area contributed by atoms with E-state index in [4.69, 9.17) is 9.40 Å². The summed E-state index contributed by atoms with van der Waals surface area (Å²) < 4.78 is 6.61. The number of fused-ring (bicyclic) bond motifs is 2. The summed E-state index contributed by atoms with van der Waals surface area (Å²) >= 11 is 1.54. The third-order valence-electron chi connectivity index (χ3n) is 5.18. The van der Waals surface area contributed by atoms with Gasteiger partial charge in [0.05, 0.1) is 29.4 Å². The van der Waals surface area contributed by atoms with E-state index >= 15 is 0 Å². The molecule has 0 N–H and O–H groups in total. The molecule has 3 aromatic carbocycles. The molecule has 0 fully saturated rings. The fourth-order valence-electron chi connectivity index (χ4n) is 3.66. The fraction of sp³-hybridized carbons (Fsp3) is 0.120. The first-order chi connectivity index (χ1) is 14.7. The zero-order chi connectivity index (χ0) is 20.5. The molecule has 148 valence electrons. The summed E-state index contributed by atoms with van der Waals surface area (Å²) in [5, 5.41) is 2.93. The van der Waals surface area contributed by atoms with Gasteiger partial charge in [-0.25, -0.2) is 4.98 Å². The Bertz CT molecular complexity index is 1330. The minimum atomic E-state index is -0.00136. The van der Waals surface area contributed by atoms with Crippen LogP contribution >= 0.6 is 11.3 Å². The van der Waals surface area contributed by atoms with E-state index in [0.717, 1.165) is 32.3 Å². The molecule has 0 aliphatic heterocycles. The standard InChI is InChI=1S/C25H20N2O2S/c1-17-11-12-22-23(14-17)30-25(26-22)27(16-20-9-5-13-29-20)24(28)15-19-8-4-7-18-6-2-3-10-21(18)19/h2-14H,15-16H2,1H3. The molecular formula is C25H20N2O2S. The lowest BCUT2D eigenvalue weighted by molar-refractivity contribution is -0.118. The highest BCUT2D eigenvalue weighted by atomic mass is 32.1. The summed E-state index contributed by atoms with van der Waals surface area (Å²) in [6, 6.07) is 24.1. The number of amides is 1. The number of anilines is 1. The van der Waals surface area contributed by atoms with E-state index < -0.39 is 0 Å². The number of carbonyl (C=O) groups excluding carboxylic acids is 1. The van der Waals surface area contributed by atoms with Crippen LogP contribution in [0.1, 0.15) is 16.9 Å². The number of aromatic nitrogens is 1. The molecule has 5 rings (SSSR count). The Morgan fingerprint density at radius 2 is 1.90 bits per heavy atom. The Hall–Kier alpha value is -3.44. The SMILES string of the molecule is Cc1ccc2nc(N(Cc3ccco3)C(=O)Cc3cccc4ccccc34)sc2c1. The fourth-order valence-corrected chi connectivity index (χ4v) is 4.74. The maximum atomic E-state index is 13.5. The number of nitrogens with zero attached hydrogens (tertiary/aromatic N) is 2. The van der Waals surface area contributed by atoms with Crippen LogP contribution in [0.4, 0.5) is 5.13 Å². The van der Waals surface area contributed by atoms with E-state index in [1.165, 1.54) is 16.9 Å². The molecule has 0 atom stereocenters. The highest BCUT2D eigenvalue weighted by Gasteiger charge is 2.22. The number of rotatable bonds is 5. The smallest absolute Gasteiger partial charge is 0.233 e. The molecule has 30 heavy (non-hydrogen) atoms. The van der Waals surface area contributed by atoms with Crippen LogP contribution < -0.4 is 4.90 Å². The van der Waals surface area contributed by atoms with Crippen molar-refractivity contribution in [3.05, 3.63) is 95.9 Å². The molecule has 0 spiro atoms. The monoisotopic (exact) mass is 412 g/mol. The molecule has 0 bridgehead atoms. The van der Waals surface area contributed by atoms with Crippen molar-refractivity contribution in [2.75, 3.05) is 4.90 Å². The molecule has 0 unspecified atom stereocenters. The van der Waals surface area contributed by atoms with Gasteiger partial charge in [-0.2, -0.15) is 0 Å². The molecule has 0 aliphatic rings. The van der Waals surface area contributed by atoms with Gasteiger partial charge < -0.3 is 4.42 Å². The summed E-state index contributed by atoms with van der Waals surface area (Å²) in [5.74, 6) is 0.732. The highest BCUT2D eigenvalue weighted by Crippen LogP contribution is 2.31. The average Bonchev–Trinajstić information content (AvgIpc) is 3.41. The summed E-state index contributed by atoms with van der Waals surface area (Å²) in [5.41, 5.74) is 3.10. The molecule has 0 radical (unpaired) electrons. The van der Waals surface area contributed by atoms with E-state index in [1.54, 1.807) is 11.2 Å². The Kier molecular flexibility index (Phi) is 4.81. The van der Waals surface area contributed by atoms with Crippen molar-refractivity contribution in [2.24, 2.45) is 0 Å². The van der Waals surface area contributed by atoms with Crippen molar-refractivity contribution in [1.82, 2.24) is 4.98 Å². The number of hydrogen-bond donors (Lipinski definition) is 0. The second-order valence-electron chi connectivity index (χ2n) is 7.34. The highest BCUT2D eigenvalue weighted by molar-refractivity contribution is 7.22. The first-order valence-corrected chi connectivity index (χ1v) is 10.7. The van der Waals surface area contributed by atoms with Gasteiger partial charge in [-0.1, -0.05) is 59.9 Å². The summed E-state index contributed by atoms with van der Waals surface area (Å²) in [6.07, 6.45) is 1.93. The number of benzene rings is 3. The van der Waals surface area contributed by atoms with Gasteiger partial charge in [0.15, 0.2) is 5.13 Å². The maximum Gasteiger partial charge on any atom is 0.233 e. The van der Waals surface area contributed by atoms with Crippen LogP contribution in [0, 0.1) is 6.92 Å². The van der Waals surface area contributed by atoms with Crippen LogP contribution in [0.5, 0.6) is 0 Å². The number of hydrogen-bond acceptors (Lipinski definition) is 4. The Morgan fingerprint density at radius 1 is 1.03 bits per heavy atom. The van der Waals surface area contributed by atoms with E-state index in [1.807, 2.05) is 48.5 Å². The normalized spacial score (nSPS) is 11.2. The van der Waals surface area contributed by atoms with Crippen molar-refractivity contribution >= 4 is 43.4 Å². The van der Waals surface area contributed by atoms with Crippen LogP contribution in [0.3, 0.4) is 0 Å². The van der Waals surface area contributed by atoms with Crippen LogP contribution in [-0.2, 0) is 17.8 Å². The molecule has 0 saturated carbocycles. The molecule has 0 saturated heterocycles. The Labute approximate surface area is 178 Å². The van der Waals surface area contributed by atoms with Gasteiger partial charge in [0, 0.05) is 0 Å². The minimum absolute atomic E-state index is 0.00136. The molecule has 1 amide bonds. The van der Waals surface area contributed by atoms with Crippen molar-refractivity contribution in [1.29, 1.82) is 0 Å². The van der Waals surface area contributed by atoms with Crippen molar-refractivity contribution in [2.45, 2.75) is 19.9 Å². The van der Waals surface area contributed by atoms with Crippen LogP contribution in [-0.4, -0.2) is 10.9 Å². The van der Waals surface area contributed by atoms with Gasteiger partial charge >= 0.3 is 0 Å². The predicted octanol–water partition coefficient (Wildman–Crippen LogP) is 6.13. The lowest BCUT2D eigenvalue weighted by atomic mass is 10.0. The van der Waals surface area contributed by atoms with Crippen molar-refractivity contribution in [3.63, 3.8) is 0 Å². The molecule has 4 nitrogen and oxygen atoms in total. The molecule has 5 aromatic rings. The van der Waals surface area contributed by atoms with Gasteiger partial charge in [-0.3, -0.25) is 9.69 Å². The number of thiazole rings is 1. The summed E-state index contributed by atoms with van der Waals surface area (Å²) in [4.78, 5) is 20.0. The lowest BCUT2D eigenvalue weighted by Crippen LogP contribution is -2.31. The third kappa shape index (κ3) is 3.60. The molecular weight excluding hydrogens is 392 g/mol. The van der Waals surface area contributed by atoms with E-state index in [9.17, 15) is 4.79 Å². The van der Waals surface area contributed by atoms with Crippen LogP contribution in [0.25, 0.3) is 21.0 Å². The Morgan fingerprint density at radius 3 is 2.77 bits per heavy atom. The molecule has 5 heteroatoms. The van der Waals surface area contributed by atoms with Gasteiger partial charge in [0.1, 0.15) is 5.76 Å². The van der Waals surface area contributed by atoms with Crippen molar-refractivity contribution < 1.29 is 9.21 Å². The van der Waals surface area contributed by atoms with E-state index in [2.05, 4.69) is 31.2 Å². The third-order valence-corrected chi connectivity index (χ3v) is 6.22. The maximum absolute atomic E-state index is 13.5. The lowest BCUT2D eigenvalue weighted by Gasteiger charge is -2.19. The molecule has 2 heterocycles. The van der Waals surface area contributed by atoms with Crippen LogP contribution in [0.15, 0.2) is 83.5 Å². The first kappa shape index (κ1) is 18.6. The van der Waals surface area contributed by atoms with Crippen LogP contribution in [0.2, 0.25) is 0 Å².